The van der Waals surface area contributed by atoms with Crippen LogP contribution < -0.4 is 19.8 Å². The quantitative estimate of drug-likeness (QED) is 0.407. The van der Waals surface area contributed by atoms with Crippen LogP contribution in [0.4, 0.5) is 0 Å². The first-order valence-corrected chi connectivity index (χ1v) is 10.8. The van der Waals surface area contributed by atoms with Crippen molar-refractivity contribution >= 4 is 21.7 Å². The van der Waals surface area contributed by atoms with Crippen molar-refractivity contribution in [3.63, 3.8) is 0 Å². The number of nitrogens with one attached hydrogen (secondary N) is 1. The van der Waals surface area contributed by atoms with E-state index < -0.39 is 0 Å². The van der Waals surface area contributed by atoms with Gasteiger partial charge in [-0.1, -0.05) is 21.3 Å². The summed E-state index contributed by atoms with van der Waals surface area (Å²) < 4.78 is 16.4. The Morgan fingerprint density at radius 2 is 1.58 bits per heavy atom. The second-order valence-electron chi connectivity index (χ2n) is 7.70. The van der Waals surface area contributed by atoms with E-state index >= 15 is 0 Å². The summed E-state index contributed by atoms with van der Waals surface area (Å²) in [5, 5.41) is 2.82. The maximum absolute atomic E-state index is 13.2. The van der Waals surface area contributed by atoms with E-state index in [9.17, 15) is 4.79 Å². The fourth-order valence-corrected chi connectivity index (χ4v) is 4.25. The van der Waals surface area contributed by atoms with Crippen molar-refractivity contribution in [2.75, 3.05) is 21.3 Å². The lowest BCUT2D eigenvalue weighted by molar-refractivity contribution is 0.356. The number of hydrogen-bond donors (Lipinski definition) is 1. The van der Waals surface area contributed by atoms with Gasteiger partial charge in [-0.15, -0.1) is 0 Å². The Kier molecular flexibility index (Phi) is 7.26. The molecule has 0 unspecified atom stereocenters. The van der Waals surface area contributed by atoms with Gasteiger partial charge in [0.1, 0.15) is 5.75 Å². The van der Waals surface area contributed by atoms with Crippen molar-refractivity contribution in [3.8, 4) is 17.2 Å². The molecular weight excluding hydrogens is 416 g/mol. The zero-order valence-electron chi connectivity index (χ0n) is 19.2. The van der Waals surface area contributed by atoms with Crippen molar-refractivity contribution in [1.82, 2.24) is 9.97 Å². The van der Waals surface area contributed by atoms with E-state index in [1.54, 1.807) is 21.3 Å². The van der Waals surface area contributed by atoms with Crippen LogP contribution in [0.5, 0.6) is 17.2 Å². The van der Waals surface area contributed by atoms with Gasteiger partial charge in [0.25, 0.3) is 5.56 Å². The average molecular weight is 449 g/mol. The maximum Gasteiger partial charge on any atom is 0.252 e. The summed E-state index contributed by atoms with van der Waals surface area (Å²) >= 11 is 0. The first-order valence-electron chi connectivity index (χ1n) is 10.8. The van der Waals surface area contributed by atoms with Crippen LogP contribution in [0.3, 0.4) is 0 Å². The highest BCUT2D eigenvalue weighted by atomic mass is 16.5. The van der Waals surface area contributed by atoms with Crippen LogP contribution in [0.1, 0.15) is 43.8 Å². The minimum Gasteiger partial charge on any atom is -0.497 e. The number of aromatic nitrogens is 2. The summed E-state index contributed by atoms with van der Waals surface area (Å²) in [6.07, 6.45) is 1.95. The Balaban J connectivity index is 0.00000306. The van der Waals surface area contributed by atoms with E-state index in [0.717, 1.165) is 50.8 Å². The van der Waals surface area contributed by atoms with E-state index in [1.165, 1.54) is 0 Å². The molecule has 0 bridgehead atoms. The zero-order valence-corrected chi connectivity index (χ0v) is 19.2. The first-order chi connectivity index (χ1) is 15.5. The number of rotatable bonds is 7. The summed E-state index contributed by atoms with van der Waals surface area (Å²) in [7, 11) is 4.87. The molecule has 0 aliphatic rings. The number of benzene rings is 2. The number of aryl methyl sites for hydroxylation is 2. The fourth-order valence-electron chi connectivity index (χ4n) is 4.25. The van der Waals surface area contributed by atoms with Gasteiger partial charge in [-0.25, -0.2) is 0 Å². The smallest absolute Gasteiger partial charge is 0.252 e. The molecule has 0 fully saturated rings. The van der Waals surface area contributed by atoms with Gasteiger partial charge >= 0.3 is 0 Å². The lowest BCUT2D eigenvalue weighted by atomic mass is 9.95. The van der Waals surface area contributed by atoms with E-state index in [-0.39, 0.29) is 13.0 Å². The molecule has 0 radical (unpaired) electrons. The fraction of sp³-hybridized carbons (Fsp3) is 0.333. The number of H-pyrrole nitrogens is 1. The monoisotopic (exact) mass is 448 g/mol. The largest absolute Gasteiger partial charge is 0.497 e. The van der Waals surface area contributed by atoms with Gasteiger partial charge in [-0.05, 0) is 60.2 Å². The number of methoxy groups -OCH3 is 3. The molecular formula is C27H32N2O4. The predicted molar refractivity (Wildman–Crippen MR) is 134 cm³/mol. The minimum atomic E-state index is -0.0886. The number of aromatic amines is 1. The van der Waals surface area contributed by atoms with Crippen LogP contribution in [0.2, 0.25) is 0 Å². The van der Waals surface area contributed by atoms with Gasteiger partial charge in [0.05, 0.1) is 26.8 Å². The third kappa shape index (κ3) is 4.38. The van der Waals surface area contributed by atoms with Gasteiger partial charge in [-0.2, -0.15) is 0 Å². The Hall–Kier alpha value is -3.54. The molecule has 2 heterocycles. The number of hydrogen-bond acceptors (Lipinski definition) is 5. The lowest BCUT2D eigenvalue weighted by Crippen LogP contribution is -2.17. The Morgan fingerprint density at radius 3 is 2.18 bits per heavy atom. The molecule has 0 amide bonds. The van der Waals surface area contributed by atoms with E-state index in [1.807, 2.05) is 37.3 Å². The van der Waals surface area contributed by atoms with Crippen LogP contribution in [0.25, 0.3) is 21.7 Å². The van der Waals surface area contributed by atoms with Gasteiger partial charge in [0.15, 0.2) is 11.5 Å². The molecule has 6 heteroatoms. The molecule has 2 aromatic heterocycles. The zero-order chi connectivity index (χ0) is 22.8. The normalized spacial score (nSPS) is 10.8. The Labute approximate surface area is 194 Å². The van der Waals surface area contributed by atoms with E-state index in [0.29, 0.717) is 29.9 Å². The Bertz CT molecular complexity index is 1360. The molecule has 0 spiro atoms. The molecule has 4 rings (SSSR count). The van der Waals surface area contributed by atoms with Crippen molar-refractivity contribution in [3.05, 3.63) is 69.3 Å². The molecule has 6 nitrogen and oxygen atoms in total. The SMILES string of the molecule is C.CCc1nc2ccc(OC)cc2cc1Cc1c(=O)[nH]c(CC)c2cc(OC)c(OC)cc12. The van der Waals surface area contributed by atoms with E-state index in [4.69, 9.17) is 19.2 Å². The lowest BCUT2D eigenvalue weighted by Gasteiger charge is -2.15. The maximum atomic E-state index is 13.2. The molecule has 174 valence electrons. The van der Waals surface area contributed by atoms with Crippen LogP contribution in [-0.4, -0.2) is 31.3 Å². The summed E-state index contributed by atoms with van der Waals surface area (Å²) in [4.78, 5) is 21.1. The predicted octanol–water partition coefficient (Wildman–Crippen LogP) is 5.45. The van der Waals surface area contributed by atoms with Gasteiger partial charge in [-0.3, -0.25) is 9.78 Å². The van der Waals surface area contributed by atoms with Gasteiger partial charge in [0.2, 0.25) is 0 Å². The highest BCUT2D eigenvalue weighted by molar-refractivity contribution is 5.91. The molecule has 2 aromatic carbocycles. The second kappa shape index (κ2) is 9.94. The number of pyridine rings is 2. The van der Waals surface area contributed by atoms with Crippen LogP contribution in [0.15, 0.2) is 41.2 Å². The third-order valence-corrected chi connectivity index (χ3v) is 5.96. The number of ether oxygens (including phenoxy) is 3. The van der Waals surface area contributed by atoms with Crippen LogP contribution in [0, 0.1) is 0 Å². The summed E-state index contributed by atoms with van der Waals surface area (Å²) in [6, 6.07) is 11.8. The highest BCUT2D eigenvalue weighted by Crippen LogP contribution is 2.35. The molecule has 0 atom stereocenters. The van der Waals surface area contributed by atoms with Crippen LogP contribution >= 0.6 is 0 Å². The standard InChI is InChI=1S/C26H28N2O4.CH4/c1-6-21-16(10-15-11-17(30-3)8-9-23(15)27-21)12-20-18-13-24(31-4)25(32-5)14-19(18)22(7-2)28-26(20)29;/h8-11,13-14H,6-7,12H2,1-5H3,(H,28,29);1H4. The molecule has 4 aromatic rings. The summed E-state index contributed by atoms with van der Waals surface area (Å²) in [5.74, 6) is 2.02. The van der Waals surface area contributed by atoms with Crippen molar-refractivity contribution in [2.45, 2.75) is 40.5 Å². The van der Waals surface area contributed by atoms with Crippen molar-refractivity contribution < 1.29 is 14.2 Å². The van der Waals surface area contributed by atoms with Gasteiger partial charge in [0, 0.05) is 34.1 Å². The summed E-state index contributed by atoms with van der Waals surface area (Å²) in [6.45, 7) is 4.11. The van der Waals surface area contributed by atoms with Crippen molar-refractivity contribution in [1.29, 1.82) is 0 Å². The van der Waals surface area contributed by atoms with Crippen molar-refractivity contribution in [2.24, 2.45) is 0 Å². The minimum absolute atomic E-state index is 0. The topological polar surface area (TPSA) is 73.4 Å². The summed E-state index contributed by atoms with van der Waals surface area (Å²) in [5.41, 5.74) is 4.41. The molecule has 1 N–H and O–H groups in total. The average Bonchev–Trinajstić information content (AvgIpc) is 2.83. The number of nitrogens with zero attached hydrogens (tertiary/aromatic N) is 1. The highest BCUT2D eigenvalue weighted by Gasteiger charge is 2.17. The molecule has 33 heavy (non-hydrogen) atoms. The first kappa shape index (κ1) is 24.1. The molecule has 0 aliphatic heterocycles. The third-order valence-electron chi connectivity index (χ3n) is 5.96. The Morgan fingerprint density at radius 1 is 0.879 bits per heavy atom. The molecule has 0 aliphatic carbocycles. The van der Waals surface area contributed by atoms with Crippen LogP contribution in [-0.2, 0) is 19.3 Å². The molecule has 0 saturated heterocycles. The van der Waals surface area contributed by atoms with Gasteiger partial charge < -0.3 is 19.2 Å². The van der Waals surface area contributed by atoms with E-state index in [2.05, 4.69) is 18.0 Å². The second-order valence-corrected chi connectivity index (χ2v) is 7.70. The molecule has 0 saturated carbocycles. The number of fused-ring (bicyclic) bond motifs is 2.